The highest BCUT2D eigenvalue weighted by molar-refractivity contribution is 5.23. The van der Waals surface area contributed by atoms with E-state index in [1.165, 1.54) is 11.7 Å². The minimum atomic E-state index is -4.30. The Hall–Kier alpha value is -1.00. The van der Waals surface area contributed by atoms with E-state index in [-0.39, 0.29) is 11.6 Å². The second kappa shape index (κ2) is 3.05. The molecule has 0 radical (unpaired) electrons. The van der Waals surface area contributed by atoms with E-state index in [0.29, 0.717) is 0 Å². The first-order valence-electron chi connectivity index (χ1n) is 3.93. The number of alkyl halides is 3. The first kappa shape index (κ1) is 10.1. The van der Waals surface area contributed by atoms with Crippen molar-refractivity contribution in [3.63, 3.8) is 0 Å². The van der Waals surface area contributed by atoms with E-state index < -0.39 is 11.7 Å². The Bertz CT molecular complexity index is 299. The second-order valence-electron chi connectivity index (χ2n) is 3.25. The van der Waals surface area contributed by atoms with Crippen LogP contribution in [-0.2, 0) is 13.2 Å². The van der Waals surface area contributed by atoms with Crippen molar-refractivity contribution in [1.29, 1.82) is 0 Å². The van der Waals surface area contributed by atoms with Crippen molar-refractivity contribution < 1.29 is 13.2 Å². The molecule has 1 aromatic heterocycles. The molecule has 74 valence electrons. The van der Waals surface area contributed by atoms with Crippen LogP contribution < -0.4 is 0 Å². The number of nitrogens with zero attached hydrogens (tertiary/aromatic N) is 2. The number of aryl methyl sites for hydroxylation is 1. The monoisotopic (exact) mass is 192 g/mol. The van der Waals surface area contributed by atoms with Crippen LogP contribution in [0.4, 0.5) is 13.2 Å². The number of hydrogen-bond donors (Lipinski definition) is 0. The lowest BCUT2D eigenvalue weighted by Crippen LogP contribution is -2.08. The molecule has 0 fully saturated rings. The van der Waals surface area contributed by atoms with Crippen molar-refractivity contribution in [2.45, 2.75) is 25.9 Å². The van der Waals surface area contributed by atoms with E-state index in [9.17, 15) is 13.2 Å². The van der Waals surface area contributed by atoms with Gasteiger partial charge in [0.2, 0.25) is 0 Å². The minimum absolute atomic E-state index is 0.106. The van der Waals surface area contributed by atoms with Crippen LogP contribution in [0.2, 0.25) is 0 Å². The quantitative estimate of drug-likeness (QED) is 0.668. The van der Waals surface area contributed by atoms with Gasteiger partial charge in [0.05, 0.1) is 11.3 Å². The summed E-state index contributed by atoms with van der Waals surface area (Å²) in [7, 11) is 1.49. The van der Waals surface area contributed by atoms with Crippen LogP contribution in [0, 0.1) is 0 Å². The van der Waals surface area contributed by atoms with Gasteiger partial charge >= 0.3 is 6.18 Å². The smallest absolute Gasteiger partial charge is 0.275 e. The van der Waals surface area contributed by atoms with Gasteiger partial charge in [0.25, 0.3) is 0 Å². The Kier molecular flexibility index (Phi) is 2.36. The van der Waals surface area contributed by atoms with E-state index in [1.54, 1.807) is 13.8 Å². The topological polar surface area (TPSA) is 17.8 Å². The normalized spacial score (nSPS) is 12.5. The first-order valence-corrected chi connectivity index (χ1v) is 3.93. The van der Waals surface area contributed by atoms with Gasteiger partial charge in [-0.1, -0.05) is 13.8 Å². The Morgan fingerprint density at radius 2 is 1.92 bits per heavy atom. The summed E-state index contributed by atoms with van der Waals surface area (Å²) in [5, 5.41) is 3.77. The predicted molar refractivity (Wildman–Crippen MR) is 42.3 cm³/mol. The van der Waals surface area contributed by atoms with E-state index in [1.807, 2.05) is 0 Å². The molecule has 1 rings (SSSR count). The molecule has 0 atom stereocenters. The summed E-state index contributed by atoms with van der Waals surface area (Å²) in [6.45, 7) is 3.38. The zero-order chi connectivity index (χ0) is 10.2. The lowest BCUT2D eigenvalue weighted by molar-refractivity contribution is -0.138. The van der Waals surface area contributed by atoms with E-state index in [4.69, 9.17) is 0 Å². The third-order valence-electron chi connectivity index (χ3n) is 1.71. The van der Waals surface area contributed by atoms with Crippen molar-refractivity contribution in [1.82, 2.24) is 9.78 Å². The minimum Gasteiger partial charge on any atom is -0.275 e. The largest absolute Gasteiger partial charge is 0.419 e. The average molecular weight is 192 g/mol. The molecule has 0 bridgehead atoms. The Balaban J connectivity index is 3.20. The Labute approximate surface area is 74.4 Å². The van der Waals surface area contributed by atoms with Crippen molar-refractivity contribution >= 4 is 0 Å². The lowest BCUT2D eigenvalue weighted by atomic mass is 10.1. The number of halogens is 3. The SMILES string of the molecule is CC(C)c1nn(C)cc1C(F)(F)F. The summed E-state index contributed by atoms with van der Waals surface area (Å²) < 4.78 is 38.3. The molecule has 1 aromatic rings. The maximum absolute atomic E-state index is 12.4. The summed E-state index contributed by atoms with van der Waals surface area (Å²) in [4.78, 5) is 0. The fourth-order valence-electron chi connectivity index (χ4n) is 1.15. The highest BCUT2D eigenvalue weighted by atomic mass is 19.4. The van der Waals surface area contributed by atoms with Gasteiger partial charge in [-0.25, -0.2) is 0 Å². The zero-order valence-electron chi connectivity index (χ0n) is 7.68. The van der Waals surface area contributed by atoms with Gasteiger partial charge in [-0.3, -0.25) is 4.68 Å². The van der Waals surface area contributed by atoms with Crippen LogP contribution in [0.3, 0.4) is 0 Å². The molecule has 13 heavy (non-hydrogen) atoms. The van der Waals surface area contributed by atoms with Crippen LogP contribution in [0.5, 0.6) is 0 Å². The van der Waals surface area contributed by atoms with Gasteiger partial charge in [-0.15, -0.1) is 0 Å². The highest BCUT2D eigenvalue weighted by Gasteiger charge is 2.36. The Morgan fingerprint density at radius 3 is 2.23 bits per heavy atom. The van der Waals surface area contributed by atoms with E-state index >= 15 is 0 Å². The van der Waals surface area contributed by atoms with Gasteiger partial charge in [-0.2, -0.15) is 18.3 Å². The third-order valence-corrected chi connectivity index (χ3v) is 1.71. The first-order chi connectivity index (χ1) is 5.82. The molecular weight excluding hydrogens is 181 g/mol. The van der Waals surface area contributed by atoms with Crippen molar-refractivity contribution in [2.24, 2.45) is 7.05 Å². The van der Waals surface area contributed by atoms with Crippen molar-refractivity contribution in [2.75, 3.05) is 0 Å². The van der Waals surface area contributed by atoms with Gasteiger partial charge in [0, 0.05) is 13.2 Å². The molecular formula is C8H11F3N2. The summed E-state index contributed by atoms with van der Waals surface area (Å²) in [5.74, 6) is -0.210. The number of aromatic nitrogens is 2. The lowest BCUT2D eigenvalue weighted by Gasteiger charge is -2.07. The summed E-state index contributed by atoms with van der Waals surface area (Å²) in [6, 6.07) is 0. The van der Waals surface area contributed by atoms with E-state index in [0.717, 1.165) is 6.20 Å². The van der Waals surface area contributed by atoms with Gasteiger partial charge in [0.15, 0.2) is 0 Å². The third kappa shape index (κ3) is 2.02. The number of hydrogen-bond acceptors (Lipinski definition) is 1. The van der Waals surface area contributed by atoms with E-state index in [2.05, 4.69) is 5.10 Å². The molecule has 0 aliphatic heterocycles. The van der Waals surface area contributed by atoms with Crippen molar-refractivity contribution in [3.05, 3.63) is 17.5 Å². The van der Waals surface area contributed by atoms with Gasteiger partial charge < -0.3 is 0 Å². The maximum Gasteiger partial charge on any atom is 0.419 e. The summed E-state index contributed by atoms with van der Waals surface area (Å²) >= 11 is 0. The molecule has 1 heterocycles. The second-order valence-corrected chi connectivity index (χ2v) is 3.25. The molecule has 5 heteroatoms. The zero-order valence-corrected chi connectivity index (χ0v) is 7.68. The van der Waals surface area contributed by atoms with Crippen LogP contribution in [0.15, 0.2) is 6.20 Å². The molecule has 0 amide bonds. The molecule has 0 aliphatic rings. The average Bonchev–Trinajstić information content (AvgIpc) is 2.29. The van der Waals surface area contributed by atoms with Crippen molar-refractivity contribution in [3.8, 4) is 0 Å². The molecule has 0 aromatic carbocycles. The van der Waals surface area contributed by atoms with Gasteiger partial charge in [-0.05, 0) is 5.92 Å². The molecule has 0 N–H and O–H groups in total. The maximum atomic E-state index is 12.4. The van der Waals surface area contributed by atoms with Gasteiger partial charge in [0.1, 0.15) is 0 Å². The summed E-state index contributed by atoms with van der Waals surface area (Å²) in [6.07, 6.45) is -3.29. The fourth-order valence-corrected chi connectivity index (χ4v) is 1.15. The molecule has 0 saturated heterocycles. The molecule has 0 saturated carbocycles. The molecule has 2 nitrogen and oxygen atoms in total. The number of rotatable bonds is 1. The Morgan fingerprint density at radius 1 is 1.38 bits per heavy atom. The fraction of sp³-hybridized carbons (Fsp3) is 0.625. The predicted octanol–water partition coefficient (Wildman–Crippen LogP) is 2.56. The summed E-state index contributed by atoms with van der Waals surface area (Å²) in [5.41, 5.74) is -0.528. The standard InChI is InChI=1S/C8H11F3N2/c1-5(2)7-6(8(9,10)11)4-13(3)12-7/h4-5H,1-3H3. The van der Waals surface area contributed by atoms with Crippen LogP contribution in [0.25, 0.3) is 0 Å². The van der Waals surface area contributed by atoms with Crippen LogP contribution >= 0.6 is 0 Å². The molecule has 0 aliphatic carbocycles. The molecule has 0 spiro atoms. The highest BCUT2D eigenvalue weighted by Crippen LogP contribution is 2.34. The van der Waals surface area contributed by atoms with Crippen LogP contribution in [-0.4, -0.2) is 9.78 Å². The molecule has 0 unspecified atom stereocenters. The van der Waals surface area contributed by atoms with Crippen LogP contribution in [0.1, 0.15) is 31.0 Å².